The predicted molar refractivity (Wildman–Crippen MR) is 155 cm³/mol. The molecule has 1 aromatic heterocycles. The van der Waals surface area contributed by atoms with Crippen molar-refractivity contribution in [3.63, 3.8) is 0 Å². The number of carbonyl (C=O) groups is 3. The number of aryl methyl sites for hydroxylation is 2. The molecule has 5 rings (SSSR count). The number of rotatable bonds is 7. The standard InChI is InChI=1S/C30H40ClN5O4/c1-21-7-8-25(16-27(21)31)36(30(39)40-26-9-14-34(15-10-26)22(2)37)13-5-12-33-17-23-19-35(20-24(23)18-33)29(38)28-6-4-11-32(28)3/h4,6-8,11,16,23-24,26H,5,9-10,12-15,17-20H2,1-3H3. The lowest BCUT2D eigenvalue weighted by atomic mass is 10.0. The molecule has 1 aromatic carbocycles. The number of amides is 3. The van der Waals surface area contributed by atoms with Gasteiger partial charge in [0, 0.05) is 89.5 Å². The van der Waals surface area contributed by atoms with Gasteiger partial charge in [-0.25, -0.2) is 4.79 Å². The number of ether oxygens (including phenoxy) is 1. The second-order valence-corrected chi connectivity index (χ2v) is 11.9. The van der Waals surface area contributed by atoms with E-state index in [9.17, 15) is 14.4 Å². The number of fused-ring (bicyclic) bond motifs is 1. The van der Waals surface area contributed by atoms with Crippen molar-refractivity contribution in [1.29, 1.82) is 0 Å². The van der Waals surface area contributed by atoms with Crippen molar-refractivity contribution in [3.8, 4) is 0 Å². The topological polar surface area (TPSA) is 78.3 Å². The molecule has 3 saturated heterocycles. The van der Waals surface area contributed by atoms with E-state index in [1.807, 2.05) is 60.0 Å². The largest absolute Gasteiger partial charge is 0.446 e. The van der Waals surface area contributed by atoms with Crippen LogP contribution in [0.2, 0.25) is 5.02 Å². The van der Waals surface area contributed by atoms with Gasteiger partial charge in [-0.1, -0.05) is 17.7 Å². The molecular formula is C30H40ClN5O4. The third kappa shape index (κ3) is 6.31. The summed E-state index contributed by atoms with van der Waals surface area (Å²) in [5.74, 6) is 1.15. The Morgan fingerprint density at radius 3 is 2.33 bits per heavy atom. The van der Waals surface area contributed by atoms with Gasteiger partial charge in [-0.05, 0) is 61.6 Å². The van der Waals surface area contributed by atoms with Crippen LogP contribution in [-0.2, 0) is 16.6 Å². The fourth-order valence-electron chi connectivity index (χ4n) is 6.31. The Hall–Kier alpha value is -3.04. The lowest BCUT2D eigenvalue weighted by Gasteiger charge is -2.32. The van der Waals surface area contributed by atoms with Crippen LogP contribution in [0.1, 0.15) is 42.2 Å². The van der Waals surface area contributed by atoms with Gasteiger partial charge in [-0.2, -0.15) is 0 Å². The summed E-state index contributed by atoms with van der Waals surface area (Å²) >= 11 is 6.41. The third-order valence-corrected chi connectivity index (χ3v) is 9.12. The highest BCUT2D eigenvalue weighted by Gasteiger charge is 2.41. The van der Waals surface area contributed by atoms with Gasteiger partial charge in [-0.15, -0.1) is 0 Å². The van der Waals surface area contributed by atoms with Gasteiger partial charge in [0.15, 0.2) is 0 Å². The zero-order chi connectivity index (χ0) is 28.4. The van der Waals surface area contributed by atoms with E-state index < -0.39 is 0 Å². The first-order chi connectivity index (χ1) is 19.2. The highest BCUT2D eigenvalue weighted by Crippen LogP contribution is 2.32. The number of likely N-dealkylation sites (tertiary alicyclic amines) is 3. The van der Waals surface area contributed by atoms with Crippen LogP contribution >= 0.6 is 11.6 Å². The second kappa shape index (κ2) is 12.2. The maximum atomic E-state index is 13.4. The van der Waals surface area contributed by atoms with E-state index in [-0.39, 0.29) is 24.0 Å². The van der Waals surface area contributed by atoms with Crippen LogP contribution in [0.4, 0.5) is 10.5 Å². The lowest BCUT2D eigenvalue weighted by molar-refractivity contribution is -0.130. The fourth-order valence-corrected chi connectivity index (χ4v) is 6.48. The lowest BCUT2D eigenvalue weighted by Crippen LogP contribution is -2.43. The fraction of sp³-hybridized carbons (Fsp3) is 0.567. The first-order valence-corrected chi connectivity index (χ1v) is 14.7. The number of benzene rings is 1. The minimum atomic E-state index is -0.366. The number of hydrogen-bond donors (Lipinski definition) is 0. The molecule has 10 heteroatoms. The van der Waals surface area contributed by atoms with Crippen LogP contribution in [0, 0.1) is 18.8 Å². The van der Waals surface area contributed by atoms with Gasteiger partial charge in [0.25, 0.3) is 5.91 Å². The molecule has 0 spiro atoms. The zero-order valence-corrected chi connectivity index (χ0v) is 24.5. The summed E-state index contributed by atoms with van der Waals surface area (Å²) in [6.45, 7) is 9.66. The molecule has 0 N–H and O–H groups in total. The van der Waals surface area contributed by atoms with E-state index in [4.69, 9.17) is 16.3 Å². The Kier molecular flexibility index (Phi) is 8.71. The van der Waals surface area contributed by atoms with E-state index in [1.165, 1.54) is 0 Å². The van der Waals surface area contributed by atoms with Crippen LogP contribution in [-0.4, -0.2) is 95.6 Å². The Bertz CT molecular complexity index is 1230. The average molecular weight is 570 g/mol. The second-order valence-electron chi connectivity index (χ2n) is 11.5. The Morgan fingerprint density at radius 1 is 1.02 bits per heavy atom. The summed E-state index contributed by atoms with van der Waals surface area (Å²) in [7, 11) is 1.91. The van der Waals surface area contributed by atoms with Crippen LogP contribution in [0.15, 0.2) is 36.5 Å². The number of anilines is 1. The SMILES string of the molecule is CC(=O)N1CCC(OC(=O)N(CCCN2CC3CN(C(=O)c4cccn4C)CC3C2)c2ccc(C)c(Cl)c2)CC1. The number of nitrogens with zero attached hydrogens (tertiary/aromatic N) is 5. The summed E-state index contributed by atoms with van der Waals surface area (Å²) < 4.78 is 7.80. The number of halogens is 1. The first kappa shape index (κ1) is 28.5. The van der Waals surface area contributed by atoms with Gasteiger partial charge < -0.3 is 24.0 Å². The maximum Gasteiger partial charge on any atom is 0.414 e. The van der Waals surface area contributed by atoms with Crippen LogP contribution in [0.5, 0.6) is 0 Å². The summed E-state index contributed by atoms with van der Waals surface area (Å²) in [4.78, 5) is 45.9. The zero-order valence-electron chi connectivity index (χ0n) is 23.7. The molecular weight excluding hydrogens is 530 g/mol. The van der Waals surface area contributed by atoms with Crippen molar-refractivity contribution in [3.05, 3.63) is 52.8 Å². The number of piperidine rings is 1. The van der Waals surface area contributed by atoms with Crippen molar-refractivity contribution in [1.82, 2.24) is 19.3 Å². The van der Waals surface area contributed by atoms with Crippen molar-refractivity contribution in [2.24, 2.45) is 18.9 Å². The van der Waals surface area contributed by atoms with Crippen LogP contribution < -0.4 is 4.90 Å². The maximum absolute atomic E-state index is 13.4. The Morgan fingerprint density at radius 2 is 1.73 bits per heavy atom. The monoisotopic (exact) mass is 569 g/mol. The van der Waals surface area contributed by atoms with Gasteiger partial charge in [0.05, 0.1) is 0 Å². The van der Waals surface area contributed by atoms with E-state index in [0.717, 1.165) is 56.1 Å². The number of hydrogen-bond acceptors (Lipinski definition) is 5. The van der Waals surface area contributed by atoms with E-state index in [1.54, 1.807) is 16.7 Å². The molecule has 3 amide bonds. The van der Waals surface area contributed by atoms with Crippen LogP contribution in [0.25, 0.3) is 0 Å². The van der Waals surface area contributed by atoms with Crippen molar-refractivity contribution >= 4 is 35.2 Å². The first-order valence-electron chi connectivity index (χ1n) is 14.3. The number of aromatic nitrogens is 1. The molecule has 0 aliphatic carbocycles. The minimum Gasteiger partial charge on any atom is -0.446 e. The Labute approximate surface area is 241 Å². The molecule has 40 heavy (non-hydrogen) atoms. The molecule has 4 heterocycles. The molecule has 3 aliphatic heterocycles. The van der Waals surface area contributed by atoms with Gasteiger partial charge in [0.1, 0.15) is 11.8 Å². The Balaban J connectivity index is 1.14. The highest BCUT2D eigenvalue weighted by molar-refractivity contribution is 6.31. The third-order valence-electron chi connectivity index (χ3n) is 8.71. The predicted octanol–water partition coefficient (Wildman–Crippen LogP) is 4.03. The highest BCUT2D eigenvalue weighted by atomic mass is 35.5. The molecule has 0 radical (unpaired) electrons. The van der Waals surface area contributed by atoms with Gasteiger partial charge in [-0.3, -0.25) is 14.5 Å². The molecule has 216 valence electrons. The summed E-state index contributed by atoms with van der Waals surface area (Å²) in [5.41, 5.74) is 2.43. The molecule has 0 saturated carbocycles. The average Bonchev–Trinajstić information content (AvgIpc) is 3.63. The smallest absolute Gasteiger partial charge is 0.414 e. The van der Waals surface area contributed by atoms with Gasteiger partial charge >= 0.3 is 6.09 Å². The van der Waals surface area contributed by atoms with Crippen molar-refractivity contribution < 1.29 is 19.1 Å². The van der Waals surface area contributed by atoms with Crippen molar-refractivity contribution in [2.45, 2.75) is 39.2 Å². The summed E-state index contributed by atoms with van der Waals surface area (Å²) in [6, 6.07) is 9.46. The molecule has 2 aromatic rings. The normalized spacial score (nSPS) is 21.5. The molecule has 2 unspecified atom stereocenters. The molecule has 3 fully saturated rings. The molecule has 0 bridgehead atoms. The van der Waals surface area contributed by atoms with Crippen LogP contribution in [0.3, 0.4) is 0 Å². The van der Waals surface area contributed by atoms with E-state index in [2.05, 4.69) is 4.90 Å². The minimum absolute atomic E-state index is 0.0576. The summed E-state index contributed by atoms with van der Waals surface area (Å²) in [5, 5.41) is 0.617. The molecule has 3 aliphatic rings. The summed E-state index contributed by atoms with van der Waals surface area (Å²) in [6.07, 6.45) is 3.43. The quantitative estimate of drug-likeness (QED) is 0.503. The van der Waals surface area contributed by atoms with E-state index in [0.29, 0.717) is 49.3 Å². The van der Waals surface area contributed by atoms with Gasteiger partial charge in [0.2, 0.25) is 5.91 Å². The number of carbonyl (C=O) groups excluding carboxylic acids is 3. The van der Waals surface area contributed by atoms with Crippen molar-refractivity contribution in [2.75, 3.05) is 57.3 Å². The molecule has 2 atom stereocenters. The van der Waals surface area contributed by atoms with E-state index >= 15 is 0 Å². The molecule has 9 nitrogen and oxygen atoms in total.